The zero-order valence-corrected chi connectivity index (χ0v) is 10.3. The number of esters is 1. The number of alkyl halides is 1. The van der Waals surface area contributed by atoms with E-state index in [1.54, 1.807) is 20.8 Å². The van der Waals surface area contributed by atoms with Crippen molar-refractivity contribution in [3.8, 4) is 0 Å². The summed E-state index contributed by atoms with van der Waals surface area (Å²) in [7, 11) is 1.32. The fourth-order valence-corrected chi connectivity index (χ4v) is 2.10. The molecule has 0 aromatic carbocycles. The van der Waals surface area contributed by atoms with Gasteiger partial charge < -0.3 is 4.74 Å². The number of azide groups is 1. The number of hydrogen-bond donors (Lipinski definition) is 0. The second kappa shape index (κ2) is 4.66. The van der Waals surface area contributed by atoms with Crippen molar-refractivity contribution in [2.75, 3.05) is 7.11 Å². The second-order valence-corrected chi connectivity index (χ2v) is 5.62. The minimum atomic E-state index is -0.820. The van der Waals surface area contributed by atoms with Crippen LogP contribution in [-0.2, 0) is 9.53 Å². The maximum atomic E-state index is 11.3. The number of hydrogen-bond acceptors (Lipinski definition) is 3. The largest absolute Gasteiger partial charge is 0.468 e. The first-order valence-corrected chi connectivity index (χ1v) is 4.88. The molecule has 0 aliphatic carbocycles. The van der Waals surface area contributed by atoms with E-state index in [0.29, 0.717) is 6.42 Å². The van der Waals surface area contributed by atoms with Crippen LogP contribution in [0.2, 0.25) is 0 Å². The molecule has 0 saturated heterocycles. The molecule has 0 amide bonds. The SMILES string of the molecule is COC(=O)C(C)(Br)CC(C)(C)N=[N+]=[N-]. The number of carbonyl (C=O) groups excluding carboxylic acids is 1. The molecule has 0 fully saturated rings. The Bertz CT molecular complexity index is 270. The van der Waals surface area contributed by atoms with Crippen molar-refractivity contribution in [3.63, 3.8) is 0 Å². The fourth-order valence-electron chi connectivity index (χ4n) is 1.25. The molecule has 0 bridgehead atoms. The van der Waals surface area contributed by atoms with Crippen molar-refractivity contribution in [1.82, 2.24) is 0 Å². The number of methoxy groups -OCH3 is 1. The molecule has 1 atom stereocenters. The van der Waals surface area contributed by atoms with E-state index in [2.05, 4.69) is 30.7 Å². The number of ether oxygens (including phenoxy) is 1. The summed E-state index contributed by atoms with van der Waals surface area (Å²) < 4.78 is 3.80. The molecule has 6 heteroatoms. The molecule has 14 heavy (non-hydrogen) atoms. The van der Waals surface area contributed by atoms with Gasteiger partial charge in [0.15, 0.2) is 0 Å². The molecule has 0 N–H and O–H groups in total. The normalized spacial score (nSPS) is 15.2. The summed E-state index contributed by atoms with van der Waals surface area (Å²) in [5.41, 5.74) is 7.70. The lowest BCUT2D eigenvalue weighted by Gasteiger charge is -2.27. The summed E-state index contributed by atoms with van der Waals surface area (Å²) in [6.45, 7) is 5.21. The highest BCUT2D eigenvalue weighted by Crippen LogP contribution is 2.31. The second-order valence-electron chi connectivity index (χ2n) is 3.87. The third kappa shape index (κ3) is 3.98. The maximum absolute atomic E-state index is 11.3. The van der Waals surface area contributed by atoms with Crippen LogP contribution in [0.5, 0.6) is 0 Å². The monoisotopic (exact) mass is 263 g/mol. The number of nitrogens with zero attached hydrogens (tertiary/aromatic N) is 3. The van der Waals surface area contributed by atoms with Gasteiger partial charge in [-0.15, -0.1) is 0 Å². The first-order chi connectivity index (χ1) is 6.25. The predicted octanol–water partition coefficient (Wildman–Crippen LogP) is 2.79. The third-order valence-electron chi connectivity index (χ3n) is 1.69. The van der Waals surface area contributed by atoms with Crippen molar-refractivity contribution in [3.05, 3.63) is 10.4 Å². The molecule has 0 spiro atoms. The Kier molecular flexibility index (Phi) is 4.42. The lowest BCUT2D eigenvalue weighted by molar-refractivity contribution is -0.143. The molecule has 0 aliphatic heterocycles. The Morgan fingerprint density at radius 2 is 2.07 bits per heavy atom. The Morgan fingerprint density at radius 3 is 2.43 bits per heavy atom. The first-order valence-electron chi connectivity index (χ1n) is 4.09. The van der Waals surface area contributed by atoms with Crippen LogP contribution in [-0.4, -0.2) is 22.9 Å². The van der Waals surface area contributed by atoms with Crippen LogP contribution >= 0.6 is 15.9 Å². The van der Waals surface area contributed by atoms with E-state index >= 15 is 0 Å². The molecular weight excluding hydrogens is 250 g/mol. The molecule has 1 unspecified atom stereocenters. The zero-order valence-electron chi connectivity index (χ0n) is 8.74. The fraction of sp³-hybridized carbons (Fsp3) is 0.875. The summed E-state index contributed by atoms with van der Waals surface area (Å²) in [4.78, 5) is 14.0. The maximum Gasteiger partial charge on any atom is 0.322 e. The highest BCUT2D eigenvalue weighted by Gasteiger charge is 2.37. The average molecular weight is 264 g/mol. The molecule has 80 valence electrons. The van der Waals surface area contributed by atoms with Gasteiger partial charge in [0.05, 0.1) is 7.11 Å². The Labute approximate surface area is 91.6 Å². The molecule has 0 heterocycles. The van der Waals surface area contributed by atoms with Gasteiger partial charge in [-0.25, -0.2) is 0 Å². The van der Waals surface area contributed by atoms with E-state index in [4.69, 9.17) is 5.53 Å². The number of halogens is 1. The highest BCUT2D eigenvalue weighted by molar-refractivity contribution is 9.10. The van der Waals surface area contributed by atoms with E-state index in [9.17, 15) is 4.79 Å². The van der Waals surface area contributed by atoms with Crippen molar-refractivity contribution in [2.24, 2.45) is 5.11 Å². The molecule has 0 aromatic heterocycles. The van der Waals surface area contributed by atoms with E-state index in [1.807, 2.05) is 0 Å². The van der Waals surface area contributed by atoms with Gasteiger partial charge in [0.25, 0.3) is 0 Å². The van der Waals surface area contributed by atoms with Gasteiger partial charge in [0.1, 0.15) is 4.32 Å². The smallest absolute Gasteiger partial charge is 0.322 e. The molecule has 0 rings (SSSR count). The van der Waals surface area contributed by atoms with Crippen LogP contribution in [0.25, 0.3) is 10.4 Å². The number of carbonyl (C=O) groups is 1. The van der Waals surface area contributed by atoms with Gasteiger partial charge in [-0.05, 0) is 18.9 Å². The van der Waals surface area contributed by atoms with Gasteiger partial charge >= 0.3 is 5.97 Å². The van der Waals surface area contributed by atoms with Crippen LogP contribution in [0, 0.1) is 0 Å². The van der Waals surface area contributed by atoms with Gasteiger partial charge in [-0.1, -0.05) is 34.9 Å². The van der Waals surface area contributed by atoms with Crippen molar-refractivity contribution >= 4 is 21.9 Å². The summed E-state index contributed by atoms with van der Waals surface area (Å²) >= 11 is 3.26. The van der Waals surface area contributed by atoms with Crippen LogP contribution in [0.4, 0.5) is 0 Å². The van der Waals surface area contributed by atoms with Gasteiger partial charge in [-0.2, -0.15) is 0 Å². The summed E-state index contributed by atoms with van der Waals surface area (Å²) in [6.07, 6.45) is 0.372. The van der Waals surface area contributed by atoms with Crippen LogP contribution < -0.4 is 0 Å². The van der Waals surface area contributed by atoms with Gasteiger partial charge in [-0.3, -0.25) is 4.79 Å². The molecule has 0 aromatic rings. The summed E-state index contributed by atoms with van der Waals surface area (Å²) in [6, 6.07) is 0. The first kappa shape index (κ1) is 13.3. The topological polar surface area (TPSA) is 75.1 Å². The minimum Gasteiger partial charge on any atom is -0.468 e. The van der Waals surface area contributed by atoms with Crippen LogP contribution in [0.3, 0.4) is 0 Å². The Hall–Kier alpha value is -0.740. The van der Waals surface area contributed by atoms with Gasteiger partial charge in [0.2, 0.25) is 0 Å². The lowest BCUT2D eigenvalue weighted by Crippen LogP contribution is -2.36. The molecular formula is C8H14BrN3O2. The molecule has 0 aliphatic rings. The van der Waals surface area contributed by atoms with E-state index in [1.165, 1.54) is 7.11 Å². The summed E-state index contributed by atoms with van der Waals surface area (Å²) in [5, 5.41) is 3.60. The standard InChI is InChI=1S/C8H14BrN3O2/c1-7(2,11-12-10)5-8(3,9)6(13)14-4/h5H2,1-4H3. The Balaban J connectivity index is 4.65. The van der Waals surface area contributed by atoms with E-state index in [0.717, 1.165) is 0 Å². The van der Waals surface area contributed by atoms with Gasteiger partial charge in [0, 0.05) is 10.5 Å². The van der Waals surface area contributed by atoms with Crippen molar-refractivity contribution < 1.29 is 9.53 Å². The minimum absolute atomic E-state index is 0.372. The average Bonchev–Trinajstić information content (AvgIpc) is 2.00. The van der Waals surface area contributed by atoms with Crippen molar-refractivity contribution in [1.29, 1.82) is 0 Å². The quantitative estimate of drug-likeness (QED) is 0.257. The zero-order chi connectivity index (χ0) is 11.4. The molecule has 0 radical (unpaired) electrons. The van der Waals surface area contributed by atoms with Crippen LogP contribution in [0.1, 0.15) is 27.2 Å². The molecule has 5 nitrogen and oxygen atoms in total. The summed E-state index contributed by atoms with van der Waals surface area (Å²) in [5.74, 6) is -0.376. The lowest BCUT2D eigenvalue weighted by atomic mass is 9.92. The predicted molar refractivity (Wildman–Crippen MR) is 57.2 cm³/mol. The number of rotatable bonds is 4. The van der Waals surface area contributed by atoms with E-state index < -0.39 is 9.86 Å². The highest BCUT2D eigenvalue weighted by atomic mass is 79.9. The van der Waals surface area contributed by atoms with E-state index in [-0.39, 0.29) is 5.97 Å². The van der Waals surface area contributed by atoms with Crippen molar-refractivity contribution in [2.45, 2.75) is 37.1 Å². The Morgan fingerprint density at radius 1 is 1.57 bits per heavy atom. The van der Waals surface area contributed by atoms with Crippen LogP contribution in [0.15, 0.2) is 5.11 Å². The molecule has 0 saturated carbocycles. The third-order valence-corrected chi connectivity index (χ3v) is 2.30.